The van der Waals surface area contributed by atoms with E-state index < -0.39 is 12.0 Å². The van der Waals surface area contributed by atoms with Crippen LogP contribution in [0.4, 0.5) is 0 Å². The Morgan fingerprint density at radius 1 is 1.50 bits per heavy atom. The number of rotatable bonds is 5. The van der Waals surface area contributed by atoms with Crippen molar-refractivity contribution in [1.29, 1.82) is 0 Å². The van der Waals surface area contributed by atoms with Crippen LogP contribution in [-0.2, 0) is 4.79 Å². The molecule has 18 heavy (non-hydrogen) atoms. The topological polar surface area (TPSA) is 81.8 Å². The minimum Gasteiger partial charge on any atom is -0.493 e. The highest BCUT2D eigenvalue weighted by atomic mass is 35.5. The molecule has 1 aromatic rings. The molecule has 0 saturated carbocycles. The van der Waals surface area contributed by atoms with Crippen molar-refractivity contribution in [2.24, 2.45) is 5.73 Å². The second kappa shape index (κ2) is 5.93. The summed E-state index contributed by atoms with van der Waals surface area (Å²) >= 11 is 6.07. The standard InChI is InChI=1S/C12H16ClNO4/c1-6-7(13)4-9(17-2)12(18-3)11(6)8(14)5-10(15)16/h4,8H,5,14H2,1-3H3,(H,15,16). The molecule has 6 heteroatoms. The van der Waals surface area contributed by atoms with Crippen LogP contribution in [0.2, 0.25) is 5.02 Å². The molecule has 0 saturated heterocycles. The number of ether oxygens (including phenoxy) is 2. The molecule has 0 fully saturated rings. The van der Waals surface area contributed by atoms with Gasteiger partial charge in [0.05, 0.1) is 20.6 Å². The molecule has 0 bridgehead atoms. The van der Waals surface area contributed by atoms with Gasteiger partial charge in [0.15, 0.2) is 11.5 Å². The summed E-state index contributed by atoms with van der Waals surface area (Å²) in [6.07, 6.45) is -0.208. The first kappa shape index (κ1) is 14.6. The number of hydrogen-bond donors (Lipinski definition) is 2. The summed E-state index contributed by atoms with van der Waals surface area (Å²) in [5, 5.41) is 9.27. The maximum atomic E-state index is 10.7. The van der Waals surface area contributed by atoms with E-state index in [9.17, 15) is 4.79 Å². The number of nitrogens with two attached hydrogens (primary N) is 1. The first-order valence-electron chi connectivity index (χ1n) is 5.30. The third-order valence-corrected chi connectivity index (χ3v) is 3.07. The predicted molar refractivity (Wildman–Crippen MR) is 68.5 cm³/mol. The Hall–Kier alpha value is -1.46. The van der Waals surface area contributed by atoms with Gasteiger partial charge in [-0.3, -0.25) is 4.79 Å². The van der Waals surface area contributed by atoms with Gasteiger partial charge in [-0.15, -0.1) is 0 Å². The van der Waals surface area contributed by atoms with Gasteiger partial charge in [0.2, 0.25) is 0 Å². The normalized spacial score (nSPS) is 12.1. The van der Waals surface area contributed by atoms with Gasteiger partial charge in [-0.05, 0) is 12.5 Å². The fourth-order valence-corrected chi connectivity index (χ4v) is 2.02. The van der Waals surface area contributed by atoms with Crippen molar-refractivity contribution in [3.8, 4) is 11.5 Å². The molecule has 0 amide bonds. The first-order valence-corrected chi connectivity index (χ1v) is 5.68. The summed E-state index contributed by atoms with van der Waals surface area (Å²) in [6, 6.07) is 0.914. The SMILES string of the molecule is COc1cc(Cl)c(C)c(C(N)CC(=O)O)c1OC. The zero-order valence-electron chi connectivity index (χ0n) is 10.5. The molecule has 3 N–H and O–H groups in total. The molecule has 0 heterocycles. The molecule has 100 valence electrons. The molecule has 0 aliphatic carbocycles. The molecule has 0 spiro atoms. The Kier molecular flexibility index (Phi) is 4.81. The van der Waals surface area contributed by atoms with Crippen molar-refractivity contribution >= 4 is 17.6 Å². The summed E-state index contributed by atoms with van der Waals surface area (Å²) in [4.78, 5) is 10.7. The van der Waals surface area contributed by atoms with E-state index in [-0.39, 0.29) is 6.42 Å². The minimum absolute atomic E-state index is 0.208. The average molecular weight is 274 g/mol. The highest BCUT2D eigenvalue weighted by Crippen LogP contribution is 2.41. The second-order valence-electron chi connectivity index (χ2n) is 3.84. The van der Waals surface area contributed by atoms with E-state index in [4.69, 9.17) is 31.9 Å². The second-order valence-corrected chi connectivity index (χ2v) is 4.24. The maximum Gasteiger partial charge on any atom is 0.305 e. The van der Waals surface area contributed by atoms with Crippen LogP contribution in [0.5, 0.6) is 11.5 Å². The van der Waals surface area contributed by atoms with Gasteiger partial charge in [-0.2, -0.15) is 0 Å². The molecule has 1 atom stereocenters. The van der Waals surface area contributed by atoms with Crippen molar-refractivity contribution in [2.75, 3.05) is 14.2 Å². The number of methoxy groups -OCH3 is 2. The fourth-order valence-electron chi connectivity index (χ4n) is 1.82. The summed E-state index contributed by atoms with van der Waals surface area (Å²) in [5.74, 6) is -0.125. The summed E-state index contributed by atoms with van der Waals surface area (Å²) in [5.41, 5.74) is 7.15. The van der Waals surface area contributed by atoms with Crippen LogP contribution in [0.25, 0.3) is 0 Å². The summed E-state index contributed by atoms with van der Waals surface area (Å²) in [7, 11) is 2.96. The monoisotopic (exact) mass is 273 g/mol. The van der Waals surface area contributed by atoms with Gasteiger partial charge in [-0.1, -0.05) is 11.6 Å². The number of carbonyl (C=O) groups is 1. The number of carboxylic acid groups (broad SMARTS) is 1. The quantitative estimate of drug-likeness (QED) is 0.859. The lowest BCUT2D eigenvalue weighted by Gasteiger charge is -2.20. The lowest BCUT2D eigenvalue weighted by atomic mass is 9.97. The van der Waals surface area contributed by atoms with Crippen LogP contribution < -0.4 is 15.2 Å². The van der Waals surface area contributed by atoms with Crippen molar-refractivity contribution < 1.29 is 19.4 Å². The van der Waals surface area contributed by atoms with Crippen LogP contribution in [0, 0.1) is 6.92 Å². The largest absolute Gasteiger partial charge is 0.493 e. The number of benzene rings is 1. The Morgan fingerprint density at radius 2 is 2.11 bits per heavy atom. The first-order chi connectivity index (χ1) is 8.42. The summed E-state index contributed by atoms with van der Waals surface area (Å²) in [6.45, 7) is 1.77. The maximum absolute atomic E-state index is 10.7. The lowest BCUT2D eigenvalue weighted by Crippen LogP contribution is -2.17. The highest BCUT2D eigenvalue weighted by molar-refractivity contribution is 6.31. The van der Waals surface area contributed by atoms with Crippen molar-refractivity contribution in [3.05, 3.63) is 22.2 Å². The molecule has 0 aliphatic rings. The van der Waals surface area contributed by atoms with Crippen LogP contribution in [0.3, 0.4) is 0 Å². The zero-order chi connectivity index (χ0) is 13.9. The number of carboxylic acids is 1. The molecule has 0 aromatic heterocycles. The molecule has 5 nitrogen and oxygen atoms in total. The van der Waals surface area contributed by atoms with Gasteiger partial charge in [0, 0.05) is 22.7 Å². The molecule has 1 rings (SSSR count). The van der Waals surface area contributed by atoms with Crippen molar-refractivity contribution in [2.45, 2.75) is 19.4 Å². The van der Waals surface area contributed by atoms with E-state index in [1.165, 1.54) is 14.2 Å². The molecule has 0 radical (unpaired) electrons. The number of halogens is 1. The van der Waals surface area contributed by atoms with Gasteiger partial charge < -0.3 is 20.3 Å². The fraction of sp³-hybridized carbons (Fsp3) is 0.417. The average Bonchev–Trinajstić information content (AvgIpc) is 2.30. The number of aliphatic carboxylic acids is 1. The van der Waals surface area contributed by atoms with Gasteiger partial charge in [0.1, 0.15) is 0 Å². The zero-order valence-corrected chi connectivity index (χ0v) is 11.2. The Bertz CT molecular complexity index is 462. The van der Waals surface area contributed by atoms with Crippen molar-refractivity contribution in [3.63, 3.8) is 0 Å². The van der Waals surface area contributed by atoms with E-state index in [0.717, 1.165) is 0 Å². The predicted octanol–water partition coefficient (Wildman–Crippen LogP) is 2.14. The third-order valence-electron chi connectivity index (χ3n) is 2.68. The van der Waals surface area contributed by atoms with Crippen molar-refractivity contribution in [1.82, 2.24) is 0 Å². The van der Waals surface area contributed by atoms with Gasteiger partial charge >= 0.3 is 5.97 Å². The molecular weight excluding hydrogens is 258 g/mol. The van der Waals surface area contributed by atoms with Crippen LogP contribution >= 0.6 is 11.6 Å². The molecule has 1 unspecified atom stereocenters. The Balaban J connectivity index is 3.38. The highest BCUT2D eigenvalue weighted by Gasteiger charge is 2.23. The Morgan fingerprint density at radius 3 is 2.56 bits per heavy atom. The smallest absolute Gasteiger partial charge is 0.305 e. The molecule has 1 aromatic carbocycles. The molecule has 0 aliphatic heterocycles. The lowest BCUT2D eigenvalue weighted by molar-refractivity contribution is -0.137. The van der Waals surface area contributed by atoms with Gasteiger partial charge in [0.25, 0.3) is 0 Å². The van der Waals surface area contributed by atoms with E-state index in [0.29, 0.717) is 27.6 Å². The van der Waals surface area contributed by atoms with E-state index in [1.807, 2.05) is 0 Å². The van der Waals surface area contributed by atoms with Crippen LogP contribution in [0.1, 0.15) is 23.6 Å². The minimum atomic E-state index is -0.983. The van der Waals surface area contributed by atoms with Crippen LogP contribution in [-0.4, -0.2) is 25.3 Å². The Labute approximate surface area is 110 Å². The van der Waals surface area contributed by atoms with E-state index in [2.05, 4.69) is 0 Å². The van der Waals surface area contributed by atoms with E-state index >= 15 is 0 Å². The third kappa shape index (κ3) is 2.86. The van der Waals surface area contributed by atoms with Gasteiger partial charge in [-0.25, -0.2) is 0 Å². The number of hydrogen-bond acceptors (Lipinski definition) is 4. The van der Waals surface area contributed by atoms with E-state index in [1.54, 1.807) is 13.0 Å². The van der Waals surface area contributed by atoms with Crippen LogP contribution in [0.15, 0.2) is 6.07 Å². The summed E-state index contributed by atoms with van der Waals surface area (Å²) < 4.78 is 10.4. The molecular formula is C12H16ClNO4.